The average Bonchev–Trinajstić information content (AvgIpc) is 2.98. The number of hydrogen-bond acceptors (Lipinski definition) is 4. The largest absolute Gasteiger partial charge is 0.492 e. The van der Waals surface area contributed by atoms with Crippen LogP contribution >= 0.6 is 11.3 Å². The fraction of sp³-hybridized carbons (Fsp3) is 0.267. The normalized spacial score (nSPS) is 12.1. The maximum absolute atomic E-state index is 10.8. The molecule has 0 aliphatic rings. The predicted molar refractivity (Wildman–Crippen MR) is 79.6 cm³/mol. The van der Waals surface area contributed by atoms with Gasteiger partial charge in [-0.3, -0.25) is 0 Å². The lowest BCUT2D eigenvalue weighted by Gasteiger charge is -2.12. The SMILES string of the molecule is CC(NCCOc1cccc(C(=O)O)c1)c1cccs1. The molecule has 0 bridgehead atoms. The standard InChI is InChI=1S/C15H17NO3S/c1-11(14-6-3-9-20-14)16-7-8-19-13-5-2-4-12(10-13)15(17)18/h2-6,9-11,16H,7-8H2,1H3,(H,17,18). The number of rotatable bonds is 7. The third kappa shape index (κ3) is 4.08. The first-order chi connectivity index (χ1) is 9.66. The summed E-state index contributed by atoms with van der Waals surface area (Å²) >= 11 is 1.72. The molecule has 1 aromatic heterocycles. The van der Waals surface area contributed by atoms with Gasteiger partial charge in [-0.15, -0.1) is 11.3 Å². The van der Waals surface area contributed by atoms with Crippen molar-refractivity contribution in [1.29, 1.82) is 0 Å². The summed E-state index contributed by atoms with van der Waals surface area (Å²) in [6.45, 7) is 3.31. The summed E-state index contributed by atoms with van der Waals surface area (Å²) in [7, 11) is 0. The fourth-order valence-electron chi connectivity index (χ4n) is 1.80. The summed E-state index contributed by atoms with van der Waals surface area (Å²) in [6.07, 6.45) is 0. The molecule has 106 valence electrons. The highest BCUT2D eigenvalue weighted by atomic mass is 32.1. The van der Waals surface area contributed by atoms with Crippen molar-refractivity contribution in [2.45, 2.75) is 13.0 Å². The van der Waals surface area contributed by atoms with E-state index in [0.717, 1.165) is 0 Å². The van der Waals surface area contributed by atoms with Crippen molar-refractivity contribution in [3.05, 3.63) is 52.2 Å². The molecule has 0 saturated carbocycles. The second-order valence-electron chi connectivity index (χ2n) is 4.37. The van der Waals surface area contributed by atoms with Crippen LogP contribution in [0.3, 0.4) is 0 Å². The molecule has 0 radical (unpaired) electrons. The van der Waals surface area contributed by atoms with E-state index in [1.54, 1.807) is 29.5 Å². The van der Waals surface area contributed by atoms with Crippen molar-refractivity contribution in [1.82, 2.24) is 5.32 Å². The first kappa shape index (κ1) is 14.6. The van der Waals surface area contributed by atoms with Crippen LogP contribution in [0.5, 0.6) is 5.75 Å². The minimum absolute atomic E-state index is 0.238. The van der Waals surface area contributed by atoms with Crippen LogP contribution in [0.2, 0.25) is 0 Å². The number of aromatic carboxylic acids is 1. The van der Waals surface area contributed by atoms with E-state index in [9.17, 15) is 4.79 Å². The second-order valence-corrected chi connectivity index (χ2v) is 5.35. The Labute approximate surface area is 122 Å². The number of benzene rings is 1. The van der Waals surface area contributed by atoms with Gasteiger partial charge in [-0.2, -0.15) is 0 Å². The Bertz CT molecular complexity index is 554. The highest BCUT2D eigenvalue weighted by Crippen LogP contribution is 2.18. The van der Waals surface area contributed by atoms with E-state index in [1.165, 1.54) is 10.9 Å². The zero-order valence-corrected chi connectivity index (χ0v) is 12.0. The van der Waals surface area contributed by atoms with Crippen molar-refractivity contribution < 1.29 is 14.6 Å². The number of hydrogen-bond donors (Lipinski definition) is 2. The zero-order chi connectivity index (χ0) is 14.4. The van der Waals surface area contributed by atoms with Gasteiger partial charge >= 0.3 is 5.97 Å². The van der Waals surface area contributed by atoms with Crippen LogP contribution in [0.25, 0.3) is 0 Å². The highest BCUT2D eigenvalue weighted by Gasteiger charge is 2.06. The van der Waals surface area contributed by atoms with Crippen LogP contribution in [0.15, 0.2) is 41.8 Å². The number of carboxylic acid groups (broad SMARTS) is 1. The topological polar surface area (TPSA) is 58.6 Å². The lowest BCUT2D eigenvalue weighted by molar-refractivity contribution is 0.0696. The van der Waals surface area contributed by atoms with Crippen molar-refractivity contribution in [2.75, 3.05) is 13.2 Å². The van der Waals surface area contributed by atoms with E-state index < -0.39 is 5.97 Å². The third-order valence-corrected chi connectivity index (χ3v) is 3.93. The highest BCUT2D eigenvalue weighted by molar-refractivity contribution is 7.10. The molecule has 2 rings (SSSR count). The van der Waals surface area contributed by atoms with Gasteiger partial charge in [-0.25, -0.2) is 4.79 Å². The lowest BCUT2D eigenvalue weighted by Crippen LogP contribution is -2.23. The van der Waals surface area contributed by atoms with Gasteiger partial charge in [-0.1, -0.05) is 12.1 Å². The van der Waals surface area contributed by atoms with Gasteiger partial charge in [0.1, 0.15) is 12.4 Å². The van der Waals surface area contributed by atoms with E-state index in [-0.39, 0.29) is 5.56 Å². The van der Waals surface area contributed by atoms with Gasteiger partial charge in [0.05, 0.1) is 5.56 Å². The van der Waals surface area contributed by atoms with Gasteiger partial charge in [0, 0.05) is 17.5 Å². The molecule has 0 amide bonds. The predicted octanol–water partition coefficient (Wildman–Crippen LogP) is 3.18. The lowest BCUT2D eigenvalue weighted by atomic mass is 10.2. The minimum Gasteiger partial charge on any atom is -0.492 e. The number of thiophene rings is 1. The van der Waals surface area contributed by atoms with Gasteiger partial charge < -0.3 is 15.2 Å². The molecule has 0 aliphatic heterocycles. The number of nitrogens with one attached hydrogen (secondary N) is 1. The fourth-order valence-corrected chi connectivity index (χ4v) is 2.56. The molecule has 1 aromatic carbocycles. The molecule has 4 nitrogen and oxygen atoms in total. The molecular weight excluding hydrogens is 274 g/mol. The monoisotopic (exact) mass is 291 g/mol. The first-order valence-electron chi connectivity index (χ1n) is 6.40. The summed E-state index contributed by atoms with van der Waals surface area (Å²) in [4.78, 5) is 12.1. The summed E-state index contributed by atoms with van der Waals surface area (Å²) in [5, 5.41) is 14.3. The summed E-state index contributed by atoms with van der Waals surface area (Å²) in [5.41, 5.74) is 0.238. The zero-order valence-electron chi connectivity index (χ0n) is 11.2. The van der Waals surface area contributed by atoms with Crippen molar-refractivity contribution in [3.63, 3.8) is 0 Å². The van der Waals surface area contributed by atoms with Gasteiger partial charge in [-0.05, 0) is 36.6 Å². The molecule has 5 heteroatoms. The Kier molecular flexibility index (Phi) is 5.15. The number of ether oxygens (including phenoxy) is 1. The van der Waals surface area contributed by atoms with E-state index >= 15 is 0 Å². The number of carbonyl (C=O) groups is 1. The summed E-state index contributed by atoms with van der Waals surface area (Å²) in [5.74, 6) is -0.365. The molecule has 2 N–H and O–H groups in total. The summed E-state index contributed by atoms with van der Waals surface area (Å²) in [6, 6.07) is 10.9. The second kappa shape index (κ2) is 7.07. The molecule has 1 heterocycles. The van der Waals surface area contributed by atoms with Gasteiger partial charge in [0.15, 0.2) is 0 Å². The van der Waals surface area contributed by atoms with Crippen LogP contribution in [-0.4, -0.2) is 24.2 Å². The molecule has 0 fully saturated rings. The van der Waals surface area contributed by atoms with Crippen molar-refractivity contribution >= 4 is 17.3 Å². The Morgan fingerprint density at radius 1 is 1.40 bits per heavy atom. The smallest absolute Gasteiger partial charge is 0.335 e. The van der Waals surface area contributed by atoms with Crippen LogP contribution < -0.4 is 10.1 Å². The van der Waals surface area contributed by atoms with Crippen LogP contribution in [0, 0.1) is 0 Å². The molecule has 0 aliphatic carbocycles. The molecule has 20 heavy (non-hydrogen) atoms. The maximum Gasteiger partial charge on any atom is 0.335 e. The van der Waals surface area contributed by atoms with Gasteiger partial charge in [0.25, 0.3) is 0 Å². The molecule has 1 atom stereocenters. The van der Waals surface area contributed by atoms with E-state index in [4.69, 9.17) is 9.84 Å². The molecule has 0 spiro atoms. The minimum atomic E-state index is -0.945. The van der Waals surface area contributed by atoms with Crippen molar-refractivity contribution in [2.24, 2.45) is 0 Å². The van der Waals surface area contributed by atoms with Gasteiger partial charge in [0.2, 0.25) is 0 Å². The Morgan fingerprint density at radius 2 is 2.25 bits per heavy atom. The van der Waals surface area contributed by atoms with E-state index in [1.807, 2.05) is 6.07 Å². The first-order valence-corrected chi connectivity index (χ1v) is 7.27. The van der Waals surface area contributed by atoms with Crippen molar-refractivity contribution in [3.8, 4) is 5.75 Å². The maximum atomic E-state index is 10.8. The molecule has 2 aromatic rings. The summed E-state index contributed by atoms with van der Waals surface area (Å²) < 4.78 is 5.54. The number of carboxylic acids is 1. The van der Waals surface area contributed by atoms with Crippen LogP contribution in [0.4, 0.5) is 0 Å². The molecule has 1 unspecified atom stereocenters. The molecule has 0 saturated heterocycles. The van der Waals surface area contributed by atoms with E-state index in [2.05, 4.69) is 23.7 Å². The quantitative estimate of drug-likeness (QED) is 0.769. The molecular formula is C15H17NO3S. The Morgan fingerprint density at radius 3 is 2.95 bits per heavy atom. The third-order valence-electron chi connectivity index (χ3n) is 2.87. The van der Waals surface area contributed by atoms with E-state index in [0.29, 0.717) is 24.9 Å². The van der Waals surface area contributed by atoms with Crippen LogP contribution in [-0.2, 0) is 0 Å². The average molecular weight is 291 g/mol. The Balaban J connectivity index is 1.76. The van der Waals surface area contributed by atoms with Crippen LogP contribution in [0.1, 0.15) is 28.2 Å². The Hall–Kier alpha value is -1.85.